The van der Waals surface area contributed by atoms with Gasteiger partial charge in [0.25, 0.3) is 0 Å². The molecule has 2 aromatic heterocycles. The molecule has 0 radical (unpaired) electrons. The number of alkyl halides is 1. The highest BCUT2D eigenvalue weighted by atomic mass is 19.2. The van der Waals surface area contributed by atoms with Gasteiger partial charge in [-0.1, -0.05) is 0 Å². The van der Waals surface area contributed by atoms with E-state index in [1.807, 2.05) is 4.90 Å². The molecular formula is C34H33F4N7O2. The Labute approximate surface area is 268 Å². The lowest BCUT2D eigenvalue weighted by Gasteiger charge is -2.32. The van der Waals surface area contributed by atoms with Crippen LogP contribution in [0.4, 0.5) is 23.4 Å². The van der Waals surface area contributed by atoms with Gasteiger partial charge in [0.05, 0.1) is 17.0 Å². The van der Waals surface area contributed by atoms with Gasteiger partial charge in [0.15, 0.2) is 17.5 Å². The molecule has 4 unspecified atom stereocenters. The lowest BCUT2D eigenvalue weighted by Crippen LogP contribution is -2.43. The zero-order valence-electron chi connectivity index (χ0n) is 25.5. The molecule has 0 saturated carbocycles. The van der Waals surface area contributed by atoms with Crippen molar-refractivity contribution in [2.75, 3.05) is 37.7 Å². The first kappa shape index (κ1) is 30.1. The van der Waals surface area contributed by atoms with Gasteiger partial charge in [-0.2, -0.15) is 15.2 Å². The van der Waals surface area contributed by atoms with Crippen molar-refractivity contribution in [1.82, 2.24) is 25.2 Å². The zero-order valence-corrected chi connectivity index (χ0v) is 25.5. The maximum Gasteiger partial charge on any atom is 0.319 e. The number of rotatable bonds is 6. The Morgan fingerprint density at radius 1 is 1.09 bits per heavy atom. The number of fused-ring (bicyclic) bond motifs is 5. The summed E-state index contributed by atoms with van der Waals surface area (Å²) in [7, 11) is 0. The van der Waals surface area contributed by atoms with E-state index in [4.69, 9.17) is 9.72 Å². The van der Waals surface area contributed by atoms with E-state index < -0.39 is 40.4 Å². The highest BCUT2D eigenvalue weighted by molar-refractivity contribution is 5.99. The third-order valence-corrected chi connectivity index (χ3v) is 10.5. The quantitative estimate of drug-likeness (QED) is 0.266. The number of aromatic hydroxyl groups is 1. The first-order chi connectivity index (χ1) is 22.7. The first-order valence-electron chi connectivity index (χ1n) is 16.1. The molecule has 2 N–H and O–H groups in total. The number of aromatic nitrogens is 3. The normalized spacial score (nSPS) is 27.3. The van der Waals surface area contributed by atoms with Crippen molar-refractivity contribution in [2.45, 2.75) is 62.3 Å². The minimum absolute atomic E-state index is 0.00551. The van der Waals surface area contributed by atoms with Crippen molar-refractivity contribution >= 4 is 27.5 Å². The van der Waals surface area contributed by atoms with Crippen LogP contribution in [0.15, 0.2) is 30.5 Å². The van der Waals surface area contributed by atoms with E-state index in [1.165, 1.54) is 24.4 Å². The lowest BCUT2D eigenvalue weighted by molar-refractivity contribution is 0.107. The molecule has 4 fully saturated rings. The molecule has 9 nitrogen and oxygen atoms in total. The van der Waals surface area contributed by atoms with E-state index in [-0.39, 0.29) is 58.0 Å². The molecule has 4 aliphatic heterocycles. The Kier molecular flexibility index (Phi) is 7.33. The Hall–Kier alpha value is -4.28. The van der Waals surface area contributed by atoms with Crippen LogP contribution < -0.4 is 15.0 Å². The van der Waals surface area contributed by atoms with Crippen molar-refractivity contribution in [3.8, 4) is 29.1 Å². The summed E-state index contributed by atoms with van der Waals surface area (Å²) in [5, 5.41) is 23.8. The average Bonchev–Trinajstić information content (AvgIpc) is 3.71. The molecule has 4 aromatic rings. The molecule has 47 heavy (non-hydrogen) atoms. The number of nitrogens with zero attached hydrogens (tertiary/aromatic N) is 6. The van der Waals surface area contributed by atoms with Gasteiger partial charge in [-0.3, -0.25) is 9.88 Å². The number of benzene rings is 2. The van der Waals surface area contributed by atoms with Crippen LogP contribution in [0, 0.1) is 34.7 Å². The van der Waals surface area contributed by atoms with Gasteiger partial charge in [0.1, 0.15) is 35.6 Å². The maximum atomic E-state index is 16.8. The smallest absolute Gasteiger partial charge is 0.319 e. The predicted molar refractivity (Wildman–Crippen MR) is 166 cm³/mol. The van der Waals surface area contributed by atoms with Crippen LogP contribution in [-0.2, 0) is 0 Å². The van der Waals surface area contributed by atoms with Crippen LogP contribution >= 0.6 is 0 Å². The Morgan fingerprint density at radius 3 is 2.81 bits per heavy atom. The average molecular weight is 648 g/mol. The topological polar surface area (TPSA) is 110 Å². The molecule has 244 valence electrons. The number of hydrogen-bond donors (Lipinski definition) is 2. The van der Waals surface area contributed by atoms with Crippen LogP contribution in [-0.4, -0.2) is 81.5 Å². The molecule has 0 spiro atoms. The second-order valence-corrected chi connectivity index (χ2v) is 13.4. The van der Waals surface area contributed by atoms with Crippen molar-refractivity contribution in [3.63, 3.8) is 0 Å². The van der Waals surface area contributed by atoms with Crippen LogP contribution in [0.25, 0.3) is 32.9 Å². The largest absolute Gasteiger partial charge is 0.508 e. The molecule has 6 heterocycles. The van der Waals surface area contributed by atoms with E-state index in [1.54, 1.807) is 0 Å². The fourth-order valence-corrected chi connectivity index (χ4v) is 8.33. The number of pyridine rings is 1. The SMILES string of the molecule is N#CCC1CN(c2nc(OC[C@@]34CCCN3CC(F)C4)nc3c(F)c(-c4c(F)c(F)cc5cc(O)ccc45)ncc23)CC2CCC1N2. The molecule has 0 amide bonds. The maximum absolute atomic E-state index is 16.8. The van der Waals surface area contributed by atoms with Gasteiger partial charge >= 0.3 is 6.01 Å². The molecule has 0 aliphatic carbocycles. The summed E-state index contributed by atoms with van der Waals surface area (Å²) >= 11 is 0. The summed E-state index contributed by atoms with van der Waals surface area (Å²) in [6.45, 7) is 2.25. The van der Waals surface area contributed by atoms with Gasteiger partial charge in [-0.25, -0.2) is 17.6 Å². The summed E-state index contributed by atoms with van der Waals surface area (Å²) in [6, 6.07) is 7.38. The number of nitriles is 1. The lowest BCUT2D eigenvalue weighted by atomic mass is 9.93. The summed E-state index contributed by atoms with van der Waals surface area (Å²) in [5.41, 5.74) is -1.52. The molecule has 4 saturated heterocycles. The third-order valence-electron chi connectivity index (χ3n) is 10.5. The molecule has 2 aromatic carbocycles. The standard InChI is InChI=1S/C34H33F4N7O2/c35-20-12-34(7-1-9-45(34)15-20)17-47-33-42-30-24(32(43-33)44-14-18(6-8-39)26-5-2-21(16-44)41-26)13-40-31(29(30)38)27-23-4-3-22(46)10-19(23)11-25(36)28(27)37/h3-4,10-11,13,18,20-21,26,41,46H,1-2,5-7,9,12,14-17H2/t18?,20?,21?,26?,34-/m0/s1. The van der Waals surface area contributed by atoms with E-state index in [2.05, 4.69) is 26.3 Å². The highest BCUT2D eigenvalue weighted by Crippen LogP contribution is 2.42. The van der Waals surface area contributed by atoms with Crippen molar-refractivity contribution in [2.24, 2.45) is 5.92 Å². The molecule has 2 bridgehead atoms. The van der Waals surface area contributed by atoms with Crippen LogP contribution in [0.5, 0.6) is 11.8 Å². The van der Waals surface area contributed by atoms with Crippen molar-refractivity contribution in [1.29, 1.82) is 5.26 Å². The highest BCUT2D eigenvalue weighted by Gasteiger charge is 2.49. The summed E-state index contributed by atoms with van der Waals surface area (Å²) in [4.78, 5) is 17.7. The Bertz CT molecular complexity index is 1940. The van der Waals surface area contributed by atoms with Crippen molar-refractivity contribution < 1.29 is 27.4 Å². The number of anilines is 1. The Morgan fingerprint density at radius 2 is 1.96 bits per heavy atom. The molecule has 5 atom stereocenters. The first-order valence-corrected chi connectivity index (χ1v) is 16.1. The van der Waals surface area contributed by atoms with Gasteiger partial charge in [0, 0.05) is 62.2 Å². The Balaban J connectivity index is 1.27. The fraction of sp³-hybridized carbons (Fsp3) is 0.471. The minimum Gasteiger partial charge on any atom is -0.508 e. The monoisotopic (exact) mass is 647 g/mol. The molecule has 13 heteroatoms. The molecule has 8 rings (SSSR count). The summed E-state index contributed by atoms with van der Waals surface area (Å²) in [5.74, 6) is -3.28. The second-order valence-electron chi connectivity index (χ2n) is 13.4. The van der Waals surface area contributed by atoms with E-state index >= 15 is 8.78 Å². The van der Waals surface area contributed by atoms with Gasteiger partial charge in [-0.05, 0) is 67.3 Å². The van der Waals surface area contributed by atoms with Gasteiger partial charge < -0.3 is 20.1 Å². The van der Waals surface area contributed by atoms with Crippen LogP contribution in [0.2, 0.25) is 0 Å². The number of ether oxygens (including phenoxy) is 1. The predicted octanol–water partition coefficient (Wildman–Crippen LogP) is 5.39. The van der Waals surface area contributed by atoms with E-state index in [0.29, 0.717) is 38.3 Å². The summed E-state index contributed by atoms with van der Waals surface area (Å²) < 4.78 is 67.7. The number of phenolic OH excluding ortho intramolecular Hbond substituents is 1. The second kappa shape index (κ2) is 11.5. The minimum atomic E-state index is -1.28. The van der Waals surface area contributed by atoms with Gasteiger partial charge in [-0.15, -0.1) is 0 Å². The number of hydrogen-bond acceptors (Lipinski definition) is 9. The van der Waals surface area contributed by atoms with E-state index in [0.717, 1.165) is 38.3 Å². The third kappa shape index (κ3) is 5.09. The molecule has 4 aliphatic rings. The van der Waals surface area contributed by atoms with E-state index in [9.17, 15) is 19.1 Å². The number of halogens is 4. The zero-order chi connectivity index (χ0) is 32.4. The molecular weight excluding hydrogens is 614 g/mol. The van der Waals surface area contributed by atoms with Gasteiger partial charge in [0.2, 0.25) is 0 Å². The van der Waals surface area contributed by atoms with Crippen LogP contribution in [0.3, 0.4) is 0 Å². The number of nitrogens with one attached hydrogen (secondary N) is 1. The van der Waals surface area contributed by atoms with Crippen LogP contribution in [0.1, 0.15) is 38.5 Å². The summed E-state index contributed by atoms with van der Waals surface area (Å²) in [6.07, 6.45) is 4.60. The fourth-order valence-electron chi connectivity index (χ4n) is 8.33. The van der Waals surface area contributed by atoms with Crippen molar-refractivity contribution in [3.05, 3.63) is 47.9 Å². The number of phenols is 1.